The van der Waals surface area contributed by atoms with E-state index in [2.05, 4.69) is 0 Å². The number of ketones is 1. The Morgan fingerprint density at radius 2 is 1.28 bits per heavy atom. The molecule has 0 unspecified atom stereocenters. The standard InChI is InChI=1S/C29H19ClO2/c30-23-16-17-26-25(18-23)28(21-12-6-2-7-13-21)27(31)19-24(20-10-4-1-5-11-20)29(28,32-26)22-14-8-3-9-15-22/h1-19H/t28-,29+/m0/s1. The Morgan fingerprint density at radius 1 is 0.688 bits per heavy atom. The van der Waals surface area contributed by atoms with E-state index < -0.39 is 11.0 Å². The quantitative estimate of drug-likeness (QED) is 0.364. The fraction of sp³-hybridized carbons (Fsp3) is 0.0690. The molecule has 2 aliphatic rings. The van der Waals surface area contributed by atoms with Crippen molar-refractivity contribution >= 4 is 23.0 Å². The third-order valence-corrected chi connectivity index (χ3v) is 6.87. The molecular formula is C29H19ClO2. The molecule has 4 aromatic rings. The summed E-state index contributed by atoms with van der Waals surface area (Å²) < 4.78 is 6.91. The van der Waals surface area contributed by atoms with E-state index in [9.17, 15) is 4.79 Å². The van der Waals surface area contributed by atoms with Gasteiger partial charge in [0.25, 0.3) is 0 Å². The van der Waals surface area contributed by atoms with Crippen molar-refractivity contribution in [3.05, 3.63) is 143 Å². The van der Waals surface area contributed by atoms with Gasteiger partial charge in [-0.1, -0.05) is 103 Å². The second kappa shape index (κ2) is 6.94. The Bertz CT molecular complexity index is 1360. The van der Waals surface area contributed by atoms with Gasteiger partial charge < -0.3 is 4.74 Å². The normalized spacial score (nSPS) is 23.3. The zero-order valence-corrected chi connectivity index (χ0v) is 17.9. The number of carbonyl (C=O) groups is 1. The summed E-state index contributed by atoms with van der Waals surface area (Å²) >= 11 is 6.47. The van der Waals surface area contributed by atoms with Crippen molar-refractivity contribution in [1.82, 2.24) is 0 Å². The molecule has 3 heteroatoms. The van der Waals surface area contributed by atoms with Crippen LogP contribution < -0.4 is 4.74 Å². The first kappa shape index (κ1) is 19.1. The van der Waals surface area contributed by atoms with E-state index in [1.54, 1.807) is 6.08 Å². The van der Waals surface area contributed by atoms with E-state index in [-0.39, 0.29) is 5.78 Å². The van der Waals surface area contributed by atoms with Crippen LogP contribution in [0.4, 0.5) is 0 Å². The Labute approximate surface area is 191 Å². The molecular weight excluding hydrogens is 416 g/mol. The first-order valence-corrected chi connectivity index (χ1v) is 11.0. The lowest BCUT2D eigenvalue weighted by atomic mass is 9.61. The molecule has 0 bridgehead atoms. The SMILES string of the molecule is O=C1C=C(c2ccccc2)[C@@]2(c3ccccc3)Oc3ccc(Cl)cc3[C@@]12c1ccccc1. The van der Waals surface area contributed by atoms with Crippen LogP contribution in [0.3, 0.4) is 0 Å². The largest absolute Gasteiger partial charge is 0.476 e. The van der Waals surface area contributed by atoms with E-state index in [1.165, 1.54) is 0 Å². The van der Waals surface area contributed by atoms with Gasteiger partial charge in [0.1, 0.15) is 11.2 Å². The first-order valence-electron chi connectivity index (χ1n) is 10.6. The average Bonchev–Trinajstić information content (AvgIpc) is 3.29. The van der Waals surface area contributed by atoms with Gasteiger partial charge in [-0.2, -0.15) is 0 Å². The van der Waals surface area contributed by atoms with Gasteiger partial charge in [0, 0.05) is 21.7 Å². The fourth-order valence-corrected chi connectivity index (χ4v) is 5.59. The van der Waals surface area contributed by atoms with Crippen molar-refractivity contribution < 1.29 is 9.53 Å². The summed E-state index contributed by atoms with van der Waals surface area (Å²) in [5.74, 6) is 0.671. The van der Waals surface area contributed by atoms with Crippen molar-refractivity contribution in [2.24, 2.45) is 0 Å². The highest BCUT2D eigenvalue weighted by atomic mass is 35.5. The van der Waals surface area contributed by atoms with Crippen LogP contribution in [0.25, 0.3) is 5.57 Å². The van der Waals surface area contributed by atoms with Gasteiger partial charge in [-0.3, -0.25) is 4.79 Å². The van der Waals surface area contributed by atoms with Crippen LogP contribution in [-0.2, 0) is 15.8 Å². The highest BCUT2D eigenvalue weighted by Gasteiger charge is 2.70. The van der Waals surface area contributed by atoms with Crippen molar-refractivity contribution in [2.75, 3.05) is 0 Å². The lowest BCUT2D eigenvalue weighted by Gasteiger charge is -2.41. The van der Waals surface area contributed by atoms with Gasteiger partial charge in [0.2, 0.25) is 0 Å². The zero-order valence-electron chi connectivity index (χ0n) is 17.2. The molecule has 2 atom stereocenters. The summed E-state index contributed by atoms with van der Waals surface area (Å²) in [5, 5.41) is 0.576. The summed E-state index contributed by atoms with van der Waals surface area (Å²) in [6.45, 7) is 0. The summed E-state index contributed by atoms with van der Waals surface area (Å²) in [5.41, 5.74) is 2.29. The van der Waals surface area contributed by atoms with Gasteiger partial charge >= 0.3 is 0 Å². The number of carbonyl (C=O) groups excluding carboxylic acids is 1. The molecule has 1 heterocycles. The van der Waals surface area contributed by atoms with Crippen molar-refractivity contribution in [3.63, 3.8) is 0 Å². The maximum atomic E-state index is 14.2. The van der Waals surface area contributed by atoms with E-state index in [1.807, 2.05) is 109 Å². The van der Waals surface area contributed by atoms with Gasteiger partial charge in [-0.15, -0.1) is 0 Å². The predicted octanol–water partition coefficient (Wildman–Crippen LogP) is 6.58. The predicted molar refractivity (Wildman–Crippen MR) is 127 cm³/mol. The summed E-state index contributed by atoms with van der Waals surface area (Å²) in [4.78, 5) is 14.2. The maximum Gasteiger partial charge on any atom is 0.181 e. The van der Waals surface area contributed by atoms with Gasteiger partial charge in [-0.05, 0) is 35.4 Å². The molecule has 0 saturated heterocycles. The molecule has 32 heavy (non-hydrogen) atoms. The summed E-state index contributed by atoms with van der Waals surface area (Å²) in [7, 11) is 0. The number of halogens is 1. The third kappa shape index (κ3) is 2.33. The molecule has 0 spiro atoms. The molecule has 1 aliphatic carbocycles. The van der Waals surface area contributed by atoms with Crippen LogP contribution in [0.15, 0.2) is 115 Å². The third-order valence-electron chi connectivity index (χ3n) is 6.63. The Morgan fingerprint density at radius 3 is 1.94 bits per heavy atom. The Balaban J connectivity index is 1.78. The molecule has 0 N–H and O–H groups in total. The molecule has 0 fully saturated rings. The van der Waals surface area contributed by atoms with Crippen LogP contribution in [0.2, 0.25) is 5.02 Å². The first-order chi connectivity index (χ1) is 15.7. The highest BCUT2D eigenvalue weighted by Crippen LogP contribution is 2.66. The van der Waals surface area contributed by atoms with Crippen LogP contribution in [0.5, 0.6) is 5.75 Å². The second-order valence-corrected chi connectivity index (χ2v) is 8.63. The molecule has 0 aromatic heterocycles. The highest BCUT2D eigenvalue weighted by molar-refractivity contribution is 6.31. The topological polar surface area (TPSA) is 26.3 Å². The molecule has 2 nitrogen and oxygen atoms in total. The number of fused-ring (bicyclic) bond motifs is 3. The molecule has 4 aromatic carbocycles. The minimum atomic E-state index is -1.08. The van der Waals surface area contributed by atoms with Gasteiger partial charge in [-0.25, -0.2) is 0 Å². The van der Waals surface area contributed by atoms with E-state index in [0.29, 0.717) is 10.8 Å². The number of hydrogen-bond acceptors (Lipinski definition) is 2. The Hall–Kier alpha value is -3.62. The number of rotatable bonds is 3. The summed E-state index contributed by atoms with van der Waals surface area (Å²) in [6, 6.07) is 35.6. The van der Waals surface area contributed by atoms with Crippen LogP contribution >= 0.6 is 11.6 Å². The van der Waals surface area contributed by atoms with Crippen LogP contribution in [0, 0.1) is 0 Å². The molecule has 0 amide bonds. The number of benzene rings is 4. The molecule has 0 saturated carbocycles. The molecule has 154 valence electrons. The molecule has 0 radical (unpaired) electrons. The van der Waals surface area contributed by atoms with Crippen LogP contribution in [-0.4, -0.2) is 5.78 Å². The van der Waals surface area contributed by atoms with Gasteiger partial charge in [0.15, 0.2) is 11.4 Å². The number of hydrogen-bond donors (Lipinski definition) is 0. The zero-order chi connectivity index (χ0) is 21.8. The average molecular weight is 435 g/mol. The van der Waals surface area contributed by atoms with E-state index >= 15 is 0 Å². The fourth-order valence-electron chi connectivity index (χ4n) is 5.42. The minimum Gasteiger partial charge on any atom is -0.476 e. The number of allylic oxidation sites excluding steroid dienone is 1. The van der Waals surface area contributed by atoms with Crippen molar-refractivity contribution in [3.8, 4) is 5.75 Å². The maximum absolute atomic E-state index is 14.2. The lowest BCUT2D eigenvalue weighted by molar-refractivity contribution is -0.120. The van der Waals surface area contributed by atoms with Crippen molar-refractivity contribution in [2.45, 2.75) is 11.0 Å². The van der Waals surface area contributed by atoms with E-state index in [4.69, 9.17) is 16.3 Å². The van der Waals surface area contributed by atoms with E-state index in [0.717, 1.165) is 27.8 Å². The smallest absolute Gasteiger partial charge is 0.181 e. The molecule has 6 rings (SSSR count). The minimum absolute atomic E-state index is 0.00702. The second-order valence-electron chi connectivity index (χ2n) is 8.19. The summed E-state index contributed by atoms with van der Waals surface area (Å²) in [6.07, 6.45) is 1.76. The van der Waals surface area contributed by atoms with Crippen molar-refractivity contribution in [1.29, 1.82) is 0 Å². The monoisotopic (exact) mass is 434 g/mol. The lowest BCUT2D eigenvalue weighted by Crippen LogP contribution is -2.51. The number of ether oxygens (including phenoxy) is 1. The van der Waals surface area contributed by atoms with Gasteiger partial charge in [0.05, 0.1) is 0 Å². The Kier molecular flexibility index (Phi) is 4.14. The van der Waals surface area contributed by atoms with Crippen LogP contribution in [0.1, 0.15) is 22.3 Å². The molecule has 1 aliphatic heterocycles.